The predicted octanol–water partition coefficient (Wildman–Crippen LogP) is 4.10. The zero-order valence-electron chi connectivity index (χ0n) is 20.1. The third kappa shape index (κ3) is 7.01. The highest BCUT2D eigenvalue weighted by Crippen LogP contribution is 2.41. The standard InChI is InChI=1S/C27H34N2O5S/c1-19-9-11-20(12-10-19)27(13-3-4-14-27)26(34)28-15-5-2-7-22(23-8-6-16-35-23)25(33)29-21(18-30)17-24(31)32/h6,8-12,16,18,21-22H,2-5,7,13-15,17H2,1H3,(H,28,34)(H,29,33)(H,31,32). The average molecular weight is 499 g/mol. The van der Waals surface area contributed by atoms with Gasteiger partial charge in [0.1, 0.15) is 6.29 Å². The fourth-order valence-electron chi connectivity index (χ4n) is 4.84. The molecule has 0 bridgehead atoms. The monoisotopic (exact) mass is 498 g/mol. The van der Waals surface area contributed by atoms with E-state index in [1.807, 2.05) is 24.4 Å². The highest BCUT2D eigenvalue weighted by molar-refractivity contribution is 7.10. The number of unbranched alkanes of at least 4 members (excludes halogenated alkanes) is 1. The van der Waals surface area contributed by atoms with Crippen LogP contribution in [-0.4, -0.2) is 41.8 Å². The van der Waals surface area contributed by atoms with E-state index in [-0.39, 0.29) is 11.8 Å². The van der Waals surface area contributed by atoms with Crippen LogP contribution < -0.4 is 10.6 Å². The summed E-state index contributed by atoms with van der Waals surface area (Å²) in [6.45, 7) is 2.57. The normalized spacial score (nSPS) is 16.3. The molecular weight excluding hydrogens is 464 g/mol. The Labute approximate surface area is 210 Å². The van der Waals surface area contributed by atoms with Crippen molar-refractivity contribution < 1.29 is 24.3 Å². The molecule has 1 aliphatic carbocycles. The van der Waals surface area contributed by atoms with E-state index in [1.54, 1.807) is 0 Å². The number of amides is 2. The molecule has 0 saturated heterocycles. The molecule has 1 aliphatic rings. The third-order valence-electron chi connectivity index (χ3n) is 6.79. The molecule has 2 amide bonds. The summed E-state index contributed by atoms with van der Waals surface area (Å²) in [5.41, 5.74) is 1.80. The van der Waals surface area contributed by atoms with Gasteiger partial charge >= 0.3 is 5.97 Å². The number of nitrogens with one attached hydrogen (secondary N) is 2. The highest BCUT2D eigenvalue weighted by atomic mass is 32.1. The number of thiophene rings is 1. The van der Waals surface area contributed by atoms with Crippen LogP contribution in [0.5, 0.6) is 0 Å². The van der Waals surface area contributed by atoms with E-state index in [0.717, 1.165) is 42.5 Å². The number of aliphatic carboxylic acids is 1. The van der Waals surface area contributed by atoms with Crippen molar-refractivity contribution in [2.24, 2.45) is 0 Å². The summed E-state index contributed by atoms with van der Waals surface area (Å²) in [7, 11) is 0. The van der Waals surface area contributed by atoms with E-state index >= 15 is 0 Å². The fourth-order valence-corrected chi connectivity index (χ4v) is 5.70. The molecule has 3 N–H and O–H groups in total. The van der Waals surface area contributed by atoms with E-state index in [4.69, 9.17) is 5.11 Å². The van der Waals surface area contributed by atoms with Crippen LogP contribution in [0.25, 0.3) is 0 Å². The van der Waals surface area contributed by atoms with Gasteiger partial charge in [-0.3, -0.25) is 14.4 Å². The van der Waals surface area contributed by atoms with Gasteiger partial charge in [-0.05, 0) is 49.6 Å². The highest BCUT2D eigenvalue weighted by Gasteiger charge is 2.42. The first-order valence-corrected chi connectivity index (χ1v) is 13.1. The number of rotatable bonds is 13. The van der Waals surface area contributed by atoms with Crippen LogP contribution in [0.3, 0.4) is 0 Å². The van der Waals surface area contributed by atoms with Crippen molar-refractivity contribution >= 4 is 35.4 Å². The Hall–Kier alpha value is -3.00. The topological polar surface area (TPSA) is 113 Å². The fraction of sp³-hybridized carbons (Fsp3) is 0.481. The number of carboxylic acids is 1. The van der Waals surface area contributed by atoms with E-state index in [2.05, 4.69) is 34.9 Å². The van der Waals surface area contributed by atoms with Gasteiger partial charge < -0.3 is 20.5 Å². The van der Waals surface area contributed by atoms with E-state index in [9.17, 15) is 19.2 Å². The van der Waals surface area contributed by atoms with Crippen molar-refractivity contribution in [3.05, 3.63) is 57.8 Å². The van der Waals surface area contributed by atoms with Gasteiger partial charge in [-0.15, -0.1) is 11.3 Å². The van der Waals surface area contributed by atoms with Crippen molar-refractivity contribution in [1.29, 1.82) is 0 Å². The molecule has 35 heavy (non-hydrogen) atoms. The maximum Gasteiger partial charge on any atom is 0.305 e. The molecule has 7 nitrogen and oxygen atoms in total. The number of hydrogen-bond donors (Lipinski definition) is 3. The van der Waals surface area contributed by atoms with Gasteiger partial charge in [0.2, 0.25) is 11.8 Å². The molecular formula is C27H34N2O5S. The number of carbonyl (C=O) groups excluding carboxylic acids is 3. The number of hydrogen-bond acceptors (Lipinski definition) is 5. The molecule has 1 heterocycles. The molecule has 0 aliphatic heterocycles. The third-order valence-corrected chi connectivity index (χ3v) is 7.78. The molecule has 8 heteroatoms. The Morgan fingerprint density at radius 1 is 1.11 bits per heavy atom. The molecule has 188 valence electrons. The van der Waals surface area contributed by atoms with E-state index < -0.39 is 29.8 Å². The minimum absolute atomic E-state index is 0.0777. The molecule has 3 rings (SSSR count). The molecule has 1 aromatic carbocycles. The van der Waals surface area contributed by atoms with Gasteiger partial charge in [0, 0.05) is 11.4 Å². The number of benzene rings is 1. The van der Waals surface area contributed by atoms with Gasteiger partial charge in [-0.2, -0.15) is 0 Å². The first kappa shape index (κ1) is 26.6. The Bertz CT molecular complexity index is 997. The Morgan fingerprint density at radius 2 is 1.83 bits per heavy atom. The largest absolute Gasteiger partial charge is 0.481 e. The lowest BCUT2D eigenvalue weighted by Crippen LogP contribution is -2.43. The second-order valence-corrected chi connectivity index (χ2v) is 10.3. The maximum atomic E-state index is 13.2. The van der Waals surface area contributed by atoms with Crippen LogP contribution in [0, 0.1) is 6.92 Å². The minimum atomic E-state index is -1.14. The SMILES string of the molecule is Cc1ccc(C2(C(=O)NCCCCC(C(=O)NC(C=O)CC(=O)O)c3cccs3)CCCC2)cc1. The molecule has 2 atom stereocenters. The summed E-state index contributed by atoms with van der Waals surface area (Å²) in [5.74, 6) is -1.87. The Balaban J connectivity index is 1.54. The zero-order chi connectivity index (χ0) is 25.3. The summed E-state index contributed by atoms with van der Waals surface area (Å²) in [4.78, 5) is 49.1. The van der Waals surface area contributed by atoms with Crippen molar-refractivity contribution in [3.8, 4) is 0 Å². The van der Waals surface area contributed by atoms with Crippen molar-refractivity contribution in [2.45, 2.75) is 75.7 Å². The summed E-state index contributed by atoms with van der Waals surface area (Å²) in [6.07, 6.45) is 5.79. The Kier molecular flexibility index (Phi) is 9.60. The second-order valence-electron chi connectivity index (χ2n) is 9.32. The number of aryl methyl sites for hydroxylation is 1. The molecule has 1 fully saturated rings. The average Bonchev–Trinajstić information content (AvgIpc) is 3.54. The Morgan fingerprint density at radius 3 is 2.43 bits per heavy atom. The van der Waals surface area contributed by atoms with Crippen LogP contribution in [-0.2, 0) is 24.6 Å². The molecule has 0 spiro atoms. The minimum Gasteiger partial charge on any atom is -0.481 e. The number of aldehydes is 1. The summed E-state index contributed by atoms with van der Waals surface area (Å²) >= 11 is 1.46. The van der Waals surface area contributed by atoms with Crippen molar-refractivity contribution in [2.75, 3.05) is 6.54 Å². The van der Waals surface area contributed by atoms with Crippen LogP contribution in [0.15, 0.2) is 41.8 Å². The smallest absolute Gasteiger partial charge is 0.305 e. The van der Waals surface area contributed by atoms with Crippen LogP contribution in [0.2, 0.25) is 0 Å². The van der Waals surface area contributed by atoms with Crippen LogP contribution >= 0.6 is 11.3 Å². The predicted molar refractivity (Wildman–Crippen MR) is 135 cm³/mol. The first-order valence-electron chi connectivity index (χ1n) is 12.2. The molecule has 2 aromatic rings. The molecule has 0 radical (unpaired) electrons. The van der Waals surface area contributed by atoms with Crippen molar-refractivity contribution in [1.82, 2.24) is 10.6 Å². The van der Waals surface area contributed by atoms with Gasteiger partial charge in [0.25, 0.3) is 0 Å². The summed E-state index contributed by atoms with van der Waals surface area (Å²) in [5, 5.41) is 16.5. The lowest BCUT2D eigenvalue weighted by Gasteiger charge is -2.28. The van der Waals surface area contributed by atoms with Crippen molar-refractivity contribution in [3.63, 3.8) is 0 Å². The lowest BCUT2D eigenvalue weighted by atomic mass is 9.77. The van der Waals surface area contributed by atoms with E-state index in [0.29, 0.717) is 25.7 Å². The summed E-state index contributed by atoms with van der Waals surface area (Å²) in [6, 6.07) is 10.9. The lowest BCUT2D eigenvalue weighted by molar-refractivity contribution is -0.139. The quantitative estimate of drug-likeness (QED) is 0.284. The van der Waals surface area contributed by atoms with Gasteiger partial charge in [-0.25, -0.2) is 0 Å². The van der Waals surface area contributed by atoms with Crippen LogP contribution in [0.1, 0.15) is 73.3 Å². The number of carboxylic acid groups (broad SMARTS) is 1. The summed E-state index contributed by atoms with van der Waals surface area (Å²) < 4.78 is 0. The molecule has 2 unspecified atom stereocenters. The van der Waals surface area contributed by atoms with Gasteiger partial charge in [-0.1, -0.05) is 55.2 Å². The molecule has 1 saturated carbocycles. The zero-order valence-corrected chi connectivity index (χ0v) is 20.9. The van der Waals surface area contributed by atoms with Gasteiger partial charge in [0.15, 0.2) is 0 Å². The first-order chi connectivity index (χ1) is 16.9. The van der Waals surface area contributed by atoms with Gasteiger partial charge in [0.05, 0.1) is 23.8 Å². The molecule has 1 aromatic heterocycles. The second kappa shape index (κ2) is 12.6. The maximum absolute atomic E-state index is 13.2. The van der Waals surface area contributed by atoms with E-state index in [1.165, 1.54) is 16.9 Å². The number of carbonyl (C=O) groups is 4. The van der Waals surface area contributed by atoms with Crippen LogP contribution in [0.4, 0.5) is 0 Å².